The minimum Gasteiger partial charge on any atom is -0.391 e. The summed E-state index contributed by atoms with van der Waals surface area (Å²) in [6, 6.07) is 8.12. The second-order valence-electron chi connectivity index (χ2n) is 5.49. The van der Waals surface area contributed by atoms with Crippen molar-refractivity contribution in [3.63, 3.8) is 0 Å². The Kier molecular flexibility index (Phi) is 3.53. The highest BCUT2D eigenvalue weighted by molar-refractivity contribution is 5.82. The zero-order valence-corrected chi connectivity index (χ0v) is 11.0. The van der Waals surface area contributed by atoms with Gasteiger partial charge in [-0.3, -0.25) is 4.79 Å². The number of aliphatic hydroxyl groups is 1. The topological polar surface area (TPSA) is 52.6 Å². The van der Waals surface area contributed by atoms with Gasteiger partial charge in [-0.15, -0.1) is 0 Å². The molecular formula is C15H20N2O2. The van der Waals surface area contributed by atoms with Crippen molar-refractivity contribution >= 4 is 5.91 Å². The molecule has 1 unspecified atom stereocenters. The SMILES string of the molecule is O=C([C@H]1Cc2ccccc2CN1)N1CCCC(O)C1. The Bertz CT molecular complexity index is 475. The lowest BCUT2D eigenvalue weighted by molar-refractivity contribution is -0.136. The standard InChI is InChI=1S/C15H20N2O2/c18-13-6-3-7-17(10-13)15(19)14-8-11-4-1-2-5-12(11)9-16-14/h1-2,4-5,13-14,16,18H,3,6-10H2/t13?,14-/m1/s1. The molecule has 0 spiro atoms. The first-order valence-electron chi connectivity index (χ1n) is 7.01. The molecule has 3 rings (SSSR count). The van der Waals surface area contributed by atoms with E-state index in [1.807, 2.05) is 12.1 Å². The fraction of sp³-hybridized carbons (Fsp3) is 0.533. The minimum absolute atomic E-state index is 0.133. The maximum Gasteiger partial charge on any atom is 0.240 e. The second-order valence-corrected chi connectivity index (χ2v) is 5.49. The van der Waals surface area contributed by atoms with Gasteiger partial charge in [-0.2, -0.15) is 0 Å². The normalized spacial score (nSPS) is 26.9. The summed E-state index contributed by atoms with van der Waals surface area (Å²) in [4.78, 5) is 14.3. The van der Waals surface area contributed by atoms with Crippen LogP contribution < -0.4 is 5.32 Å². The van der Waals surface area contributed by atoms with Gasteiger partial charge in [0.2, 0.25) is 5.91 Å². The van der Waals surface area contributed by atoms with Gasteiger partial charge in [0.1, 0.15) is 0 Å². The van der Waals surface area contributed by atoms with Crippen LogP contribution in [0.3, 0.4) is 0 Å². The van der Waals surface area contributed by atoms with E-state index < -0.39 is 0 Å². The lowest BCUT2D eigenvalue weighted by Crippen LogP contribution is -2.52. The monoisotopic (exact) mass is 260 g/mol. The molecule has 1 aromatic rings. The summed E-state index contributed by atoms with van der Waals surface area (Å²) in [5.41, 5.74) is 2.54. The van der Waals surface area contributed by atoms with Gasteiger partial charge in [-0.05, 0) is 30.4 Å². The van der Waals surface area contributed by atoms with Crippen molar-refractivity contribution in [2.24, 2.45) is 0 Å². The number of piperidine rings is 1. The lowest BCUT2D eigenvalue weighted by Gasteiger charge is -2.34. The van der Waals surface area contributed by atoms with Gasteiger partial charge in [-0.25, -0.2) is 0 Å². The van der Waals surface area contributed by atoms with Crippen LogP contribution in [-0.4, -0.2) is 41.1 Å². The van der Waals surface area contributed by atoms with Crippen molar-refractivity contribution in [3.8, 4) is 0 Å². The Morgan fingerprint density at radius 2 is 2.11 bits per heavy atom. The van der Waals surface area contributed by atoms with Crippen LogP contribution >= 0.6 is 0 Å². The molecule has 0 aromatic heterocycles. The predicted octanol–water partition coefficient (Wildman–Crippen LogP) is 0.684. The fourth-order valence-corrected chi connectivity index (χ4v) is 3.00. The van der Waals surface area contributed by atoms with Crippen molar-refractivity contribution in [1.82, 2.24) is 10.2 Å². The van der Waals surface area contributed by atoms with Crippen LogP contribution in [0.2, 0.25) is 0 Å². The molecule has 1 saturated heterocycles. The third-order valence-electron chi connectivity index (χ3n) is 4.09. The van der Waals surface area contributed by atoms with E-state index >= 15 is 0 Å². The third kappa shape index (κ3) is 2.65. The smallest absolute Gasteiger partial charge is 0.240 e. The predicted molar refractivity (Wildman–Crippen MR) is 72.6 cm³/mol. The molecule has 2 heterocycles. The van der Waals surface area contributed by atoms with Crippen LogP contribution in [0.5, 0.6) is 0 Å². The molecule has 19 heavy (non-hydrogen) atoms. The number of carbonyl (C=O) groups excluding carboxylic acids is 1. The zero-order chi connectivity index (χ0) is 13.2. The molecule has 0 radical (unpaired) electrons. The van der Waals surface area contributed by atoms with Gasteiger partial charge in [0, 0.05) is 19.6 Å². The number of fused-ring (bicyclic) bond motifs is 1. The van der Waals surface area contributed by atoms with Crippen molar-refractivity contribution in [1.29, 1.82) is 0 Å². The second kappa shape index (κ2) is 5.31. The number of β-amino-alcohol motifs (C(OH)–C–C–N with tert-alkyl or cyclic N) is 1. The largest absolute Gasteiger partial charge is 0.391 e. The molecule has 2 aliphatic rings. The van der Waals surface area contributed by atoms with Crippen molar-refractivity contribution in [3.05, 3.63) is 35.4 Å². The number of amides is 1. The number of carbonyl (C=O) groups is 1. The van der Waals surface area contributed by atoms with Gasteiger partial charge in [0.05, 0.1) is 12.1 Å². The Morgan fingerprint density at radius 3 is 2.89 bits per heavy atom. The Labute approximate surface area is 113 Å². The van der Waals surface area contributed by atoms with Crippen LogP contribution in [0.4, 0.5) is 0 Å². The van der Waals surface area contributed by atoms with E-state index in [2.05, 4.69) is 17.4 Å². The first-order chi connectivity index (χ1) is 9.24. The van der Waals surface area contributed by atoms with Crippen LogP contribution in [0.15, 0.2) is 24.3 Å². The van der Waals surface area contributed by atoms with E-state index in [-0.39, 0.29) is 18.1 Å². The molecule has 1 fully saturated rings. The Balaban J connectivity index is 1.69. The van der Waals surface area contributed by atoms with Crippen LogP contribution in [-0.2, 0) is 17.8 Å². The Hall–Kier alpha value is -1.39. The first kappa shape index (κ1) is 12.6. The highest BCUT2D eigenvalue weighted by atomic mass is 16.3. The van der Waals surface area contributed by atoms with Crippen molar-refractivity contribution in [2.75, 3.05) is 13.1 Å². The number of rotatable bonds is 1. The molecule has 0 saturated carbocycles. The summed E-state index contributed by atoms with van der Waals surface area (Å²) in [6.07, 6.45) is 2.11. The van der Waals surface area contributed by atoms with E-state index in [9.17, 15) is 9.90 Å². The highest BCUT2D eigenvalue weighted by Gasteiger charge is 2.30. The quantitative estimate of drug-likeness (QED) is 0.781. The third-order valence-corrected chi connectivity index (χ3v) is 4.09. The van der Waals surface area contributed by atoms with E-state index in [1.165, 1.54) is 11.1 Å². The Morgan fingerprint density at radius 1 is 1.32 bits per heavy atom. The van der Waals surface area contributed by atoms with Gasteiger partial charge in [-0.1, -0.05) is 24.3 Å². The molecule has 2 atom stereocenters. The van der Waals surface area contributed by atoms with Gasteiger partial charge in [0.15, 0.2) is 0 Å². The van der Waals surface area contributed by atoms with E-state index in [4.69, 9.17) is 0 Å². The number of likely N-dealkylation sites (tertiary alicyclic amines) is 1. The maximum absolute atomic E-state index is 12.5. The summed E-state index contributed by atoms with van der Waals surface area (Å²) < 4.78 is 0. The highest BCUT2D eigenvalue weighted by Crippen LogP contribution is 2.19. The summed E-state index contributed by atoms with van der Waals surface area (Å²) in [7, 11) is 0. The first-order valence-corrected chi connectivity index (χ1v) is 7.01. The molecular weight excluding hydrogens is 240 g/mol. The van der Waals surface area contributed by atoms with Gasteiger partial charge >= 0.3 is 0 Å². The average Bonchev–Trinajstić information content (AvgIpc) is 2.46. The number of benzene rings is 1. The van der Waals surface area contributed by atoms with Crippen molar-refractivity contribution in [2.45, 2.75) is 38.0 Å². The van der Waals surface area contributed by atoms with Gasteiger partial charge in [0.25, 0.3) is 0 Å². The van der Waals surface area contributed by atoms with Crippen LogP contribution in [0.25, 0.3) is 0 Å². The van der Waals surface area contributed by atoms with E-state index in [1.54, 1.807) is 4.90 Å². The summed E-state index contributed by atoms with van der Waals surface area (Å²) in [5, 5.41) is 13.0. The number of hydrogen-bond donors (Lipinski definition) is 2. The van der Waals surface area contributed by atoms with Gasteiger partial charge < -0.3 is 15.3 Å². The lowest BCUT2D eigenvalue weighted by atomic mass is 9.94. The molecule has 0 aliphatic carbocycles. The fourth-order valence-electron chi connectivity index (χ4n) is 3.00. The summed E-state index contributed by atoms with van der Waals surface area (Å²) in [6.45, 7) is 2.01. The average molecular weight is 260 g/mol. The number of nitrogens with zero attached hydrogens (tertiary/aromatic N) is 1. The molecule has 2 N–H and O–H groups in total. The van der Waals surface area contributed by atoms with Crippen LogP contribution in [0.1, 0.15) is 24.0 Å². The van der Waals surface area contributed by atoms with E-state index in [0.717, 1.165) is 32.4 Å². The molecule has 4 nitrogen and oxygen atoms in total. The maximum atomic E-state index is 12.5. The molecule has 1 aromatic carbocycles. The summed E-state index contributed by atoms with van der Waals surface area (Å²) >= 11 is 0. The van der Waals surface area contributed by atoms with E-state index in [0.29, 0.717) is 6.54 Å². The number of hydrogen-bond acceptors (Lipinski definition) is 3. The molecule has 1 amide bonds. The van der Waals surface area contributed by atoms with Crippen LogP contribution in [0, 0.1) is 0 Å². The number of aliphatic hydroxyl groups excluding tert-OH is 1. The molecule has 0 bridgehead atoms. The van der Waals surface area contributed by atoms with Crippen molar-refractivity contribution < 1.29 is 9.90 Å². The molecule has 4 heteroatoms. The minimum atomic E-state index is -0.353. The number of nitrogens with one attached hydrogen (secondary N) is 1. The molecule has 2 aliphatic heterocycles. The molecule has 102 valence electrons. The zero-order valence-electron chi connectivity index (χ0n) is 11.0. The summed E-state index contributed by atoms with van der Waals surface area (Å²) in [5.74, 6) is 0.133.